The van der Waals surface area contributed by atoms with Crippen LogP contribution in [0.15, 0.2) is 52.2 Å². The van der Waals surface area contributed by atoms with Crippen molar-refractivity contribution in [3.05, 3.63) is 69.0 Å². The third-order valence-corrected chi connectivity index (χ3v) is 5.06. The number of carbonyl (C=O) groups excluding carboxylic acids is 1. The Morgan fingerprint density at radius 1 is 1.12 bits per heavy atom. The van der Waals surface area contributed by atoms with Gasteiger partial charge in [0.2, 0.25) is 5.91 Å². The molecule has 1 aliphatic heterocycles. The fourth-order valence-electron chi connectivity index (χ4n) is 3.75. The van der Waals surface area contributed by atoms with E-state index in [4.69, 9.17) is 0 Å². The van der Waals surface area contributed by atoms with Crippen LogP contribution < -0.4 is 16.6 Å². The zero-order valence-corrected chi connectivity index (χ0v) is 13.7. The predicted molar refractivity (Wildman–Crippen MR) is 92.0 cm³/mol. The second-order valence-electron chi connectivity index (χ2n) is 6.84. The Morgan fingerprint density at radius 3 is 2.52 bits per heavy atom. The van der Waals surface area contributed by atoms with Gasteiger partial charge in [0.15, 0.2) is 0 Å². The van der Waals surface area contributed by atoms with Crippen molar-refractivity contribution in [2.24, 2.45) is 11.8 Å². The van der Waals surface area contributed by atoms with Crippen LogP contribution in [0.5, 0.6) is 0 Å². The van der Waals surface area contributed by atoms with E-state index in [0.29, 0.717) is 11.8 Å². The van der Waals surface area contributed by atoms with E-state index in [1.165, 1.54) is 22.4 Å². The number of nitrogens with one attached hydrogen (secondary N) is 2. The van der Waals surface area contributed by atoms with Crippen molar-refractivity contribution in [2.75, 3.05) is 13.1 Å². The van der Waals surface area contributed by atoms with Gasteiger partial charge in [-0.2, -0.15) is 0 Å². The van der Waals surface area contributed by atoms with Crippen molar-refractivity contribution >= 4 is 5.91 Å². The summed E-state index contributed by atoms with van der Waals surface area (Å²) >= 11 is 0. The first-order valence-electron chi connectivity index (χ1n) is 8.45. The summed E-state index contributed by atoms with van der Waals surface area (Å²) in [6, 6.07) is 11.8. The molecule has 1 saturated carbocycles. The van der Waals surface area contributed by atoms with Crippen LogP contribution in [0.2, 0.25) is 0 Å². The van der Waals surface area contributed by atoms with E-state index in [1.807, 2.05) is 18.2 Å². The van der Waals surface area contributed by atoms with Crippen LogP contribution in [-0.2, 0) is 17.9 Å². The SMILES string of the molecule is O=C(Cn1ccc(=O)[nH]c1=O)NC1[C@H]2CN(Cc3ccccc3)C[C@@H]12. The number of aromatic amines is 1. The third-order valence-electron chi connectivity index (χ3n) is 5.06. The average molecular weight is 340 g/mol. The maximum atomic E-state index is 12.1. The van der Waals surface area contributed by atoms with Crippen LogP contribution in [0.3, 0.4) is 0 Å². The highest BCUT2D eigenvalue weighted by Gasteiger charge is 2.56. The molecule has 1 unspecified atom stereocenters. The Balaban J connectivity index is 1.27. The molecule has 1 saturated heterocycles. The number of carbonyl (C=O) groups is 1. The predicted octanol–water partition coefficient (Wildman–Crippen LogP) is -0.217. The molecule has 2 N–H and O–H groups in total. The van der Waals surface area contributed by atoms with E-state index < -0.39 is 11.2 Å². The zero-order chi connectivity index (χ0) is 17.4. The lowest BCUT2D eigenvalue weighted by molar-refractivity contribution is -0.122. The molecule has 130 valence electrons. The molecule has 7 nitrogen and oxygen atoms in total. The lowest BCUT2D eigenvalue weighted by Gasteiger charge is -2.20. The van der Waals surface area contributed by atoms with Crippen LogP contribution in [-0.4, -0.2) is 39.5 Å². The fourth-order valence-corrected chi connectivity index (χ4v) is 3.75. The molecule has 1 aromatic heterocycles. The van der Waals surface area contributed by atoms with Gasteiger partial charge in [-0.05, 0) is 17.4 Å². The largest absolute Gasteiger partial charge is 0.351 e. The van der Waals surface area contributed by atoms with Gasteiger partial charge in [-0.1, -0.05) is 30.3 Å². The van der Waals surface area contributed by atoms with E-state index in [1.54, 1.807) is 0 Å². The highest BCUT2D eigenvalue weighted by Crippen LogP contribution is 2.45. The maximum Gasteiger partial charge on any atom is 0.328 e. The average Bonchev–Trinajstić information content (AvgIpc) is 3.02. The van der Waals surface area contributed by atoms with Crippen molar-refractivity contribution in [3.63, 3.8) is 0 Å². The van der Waals surface area contributed by atoms with Gasteiger partial charge in [0.25, 0.3) is 5.56 Å². The van der Waals surface area contributed by atoms with Gasteiger partial charge in [-0.25, -0.2) is 4.79 Å². The molecule has 25 heavy (non-hydrogen) atoms. The minimum Gasteiger partial charge on any atom is -0.351 e. The van der Waals surface area contributed by atoms with Crippen LogP contribution in [0, 0.1) is 11.8 Å². The summed E-state index contributed by atoms with van der Waals surface area (Å²) in [6.45, 7) is 2.85. The van der Waals surface area contributed by atoms with Gasteiger partial charge in [0.05, 0.1) is 0 Å². The number of hydrogen-bond acceptors (Lipinski definition) is 4. The van der Waals surface area contributed by atoms with E-state index in [2.05, 4.69) is 27.3 Å². The van der Waals surface area contributed by atoms with Crippen molar-refractivity contribution in [1.29, 1.82) is 0 Å². The summed E-state index contributed by atoms with van der Waals surface area (Å²) < 4.78 is 1.20. The molecule has 2 aliphatic rings. The molecule has 4 rings (SSSR count). The summed E-state index contributed by atoms with van der Waals surface area (Å²) in [5, 5.41) is 3.01. The number of aromatic nitrogens is 2. The standard InChI is InChI=1S/C18H20N4O3/c23-15-6-7-22(18(25)20-15)11-16(24)19-17-13-9-21(10-14(13)17)8-12-4-2-1-3-5-12/h1-7,13-14,17H,8-11H2,(H,19,24)(H,20,23,25)/t13-,14+,17?. The van der Waals surface area contributed by atoms with Crippen molar-refractivity contribution < 1.29 is 4.79 Å². The van der Waals surface area contributed by atoms with Gasteiger partial charge in [0, 0.05) is 37.9 Å². The summed E-state index contributed by atoms with van der Waals surface area (Å²) in [4.78, 5) is 39.3. The van der Waals surface area contributed by atoms with Gasteiger partial charge in [-0.15, -0.1) is 0 Å². The summed E-state index contributed by atoms with van der Waals surface area (Å²) in [5.41, 5.74) is 0.284. The highest BCUT2D eigenvalue weighted by atomic mass is 16.2. The smallest absolute Gasteiger partial charge is 0.328 e. The number of H-pyrrole nitrogens is 1. The van der Waals surface area contributed by atoms with Crippen LogP contribution >= 0.6 is 0 Å². The topological polar surface area (TPSA) is 87.2 Å². The minimum atomic E-state index is -0.562. The summed E-state index contributed by atoms with van der Waals surface area (Å²) in [5.74, 6) is 0.808. The Hall–Kier alpha value is -2.67. The first-order chi connectivity index (χ1) is 12.1. The molecular formula is C18H20N4O3. The molecule has 0 bridgehead atoms. The van der Waals surface area contributed by atoms with Gasteiger partial charge >= 0.3 is 5.69 Å². The maximum absolute atomic E-state index is 12.1. The molecule has 1 aromatic carbocycles. The number of amides is 1. The van der Waals surface area contributed by atoms with Crippen LogP contribution in [0.25, 0.3) is 0 Å². The minimum absolute atomic E-state index is 0.0702. The molecule has 7 heteroatoms. The number of rotatable bonds is 5. The van der Waals surface area contributed by atoms with Gasteiger partial charge in [0.1, 0.15) is 6.54 Å². The second kappa shape index (κ2) is 6.33. The van der Waals surface area contributed by atoms with Crippen molar-refractivity contribution in [3.8, 4) is 0 Å². The van der Waals surface area contributed by atoms with Gasteiger partial charge in [-0.3, -0.25) is 24.0 Å². The lowest BCUT2D eigenvalue weighted by Crippen LogP contribution is -2.39. The van der Waals surface area contributed by atoms with Crippen LogP contribution in [0.4, 0.5) is 0 Å². The molecule has 0 spiro atoms. The number of piperidine rings is 1. The Kier molecular flexibility index (Phi) is 4.01. The van der Waals surface area contributed by atoms with Crippen molar-refractivity contribution in [2.45, 2.75) is 19.1 Å². The van der Waals surface area contributed by atoms with E-state index in [-0.39, 0.29) is 18.5 Å². The first-order valence-corrected chi connectivity index (χ1v) is 8.45. The van der Waals surface area contributed by atoms with E-state index in [9.17, 15) is 14.4 Å². The normalized spacial score (nSPS) is 24.7. The molecule has 1 aliphatic carbocycles. The Bertz CT molecular complexity index is 877. The Morgan fingerprint density at radius 2 is 1.84 bits per heavy atom. The van der Waals surface area contributed by atoms with Gasteiger partial charge < -0.3 is 5.32 Å². The lowest BCUT2D eigenvalue weighted by atomic mass is 10.2. The third kappa shape index (κ3) is 3.41. The molecule has 3 atom stereocenters. The fraction of sp³-hybridized carbons (Fsp3) is 0.389. The first kappa shape index (κ1) is 15.8. The van der Waals surface area contributed by atoms with E-state index >= 15 is 0 Å². The summed E-state index contributed by atoms with van der Waals surface area (Å²) in [6.07, 6.45) is 1.34. The zero-order valence-electron chi connectivity index (χ0n) is 13.7. The molecule has 1 amide bonds. The number of benzene rings is 1. The van der Waals surface area contributed by atoms with E-state index in [0.717, 1.165) is 19.6 Å². The summed E-state index contributed by atoms with van der Waals surface area (Å²) in [7, 11) is 0. The monoisotopic (exact) mass is 340 g/mol. The number of hydrogen-bond donors (Lipinski definition) is 2. The number of fused-ring (bicyclic) bond motifs is 1. The Labute approximate surface area is 144 Å². The molecule has 2 fully saturated rings. The number of nitrogens with zero attached hydrogens (tertiary/aromatic N) is 2. The molecular weight excluding hydrogens is 320 g/mol. The van der Waals surface area contributed by atoms with Crippen LogP contribution in [0.1, 0.15) is 5.56 Å². The number of likely N-dealkylation sites (tertiary alicyclic amines) is 1. The quantitative estimate of drug-likeness (QED) is 0.788. The molecule has 2 heterocycles. The van der Waals surface area contributed by atoms with Crippen molar-refractivity contribution in [1.82, 2.24) is 19.8 Å². The second-order valence-corrected chi connectivity index (χ2v) is 6.84. The molecule has 0 radical (unpaired) electrons. The molecule has 2 aromatic rings. The highest BCUT2D eigenvalue weighted by molar-refractivity contribution is 5.76.